The van der Waals surface area contributed by atoms with Gasteiger partial charge in [-0.05, 0) is 24.1 Å². The second-order valence-corrected chi connectivity index (χ2v) is 4.15. The monoisotopic (exact) mass is 253 g/mol. The topological polar surface area (TPSA) is 50.7 Å². The van der Waals surface area contributed by atoms with Crippen LogP contribution in [-0.4, -0.2) is 38.1 Å². The predicted octanol–water partition coefficient (Wildman–Crippen LogP) is 1.57. The summed E-state index contributed by atoms with van der Waals surface area (Å²) in [5.74, 6) is 0.852. The molecule has 0 aliphatic heterocycles. The highest BCUT2D eigenvalue weighted by Crippen LogP contribution is 2.12. The zero-order valence-corrected chi connectivity index (χ0v) is 11.2. The van der Waals surface area contributed by atoms with Gasteiger partial charge in [-0.15, -0.1) is 0 Å². The lowest BCUT2D eigenvalue weighted by Crippen LogP contribution is -2.31. The maximum atomic E-state index is 9.07. The summed E-state index contributed by atoms with van der Waals surface area (Å²) in [7, 11) is 1.66. The SMILES string of the molecule is CCC(CO)NCc1ccc(OCCOC)cc1. The van der Waals surface area contributed by atoms with Crippen molar-refractivity contribution in [2.75, 3.05) is 26.9 Å². The van der Waals surface area contributed by atoms with Crippen LogP contribution in [0.15, 0.2) is 24.3 Å². The van der Waals surface area contributed by atoms with Gasteiger partial charge in [-0.1, -0.05) is 19.1 Å². The summed E-state index contributed by atoms with van der Waals surface area (Å²) in [6.45, 7) is 4.15. The molecule has 0 saturated carbocycles. The summed E-state index contributed by atoms with van der Waals surface area (Å²) in [6.07, 6.45) is 0.925. The molecule has 1 rings (SSSR count). The fraction of sp³-hybridized carbons (Fsp3) is 0.571. The van der Waals surface area contributed by atoms with Crippen molar-refractivity contribution in [1.29, 1.82) is 0 Å². The van der Waals surface area contributed by atoms with Gasteiger partial charge >= 0.3 is 0 Å². The Kier molecular flexibility index (Phi) is 7.41. The van der Waals surface area contributed by atoms with E-state index >= 15 is 0 Å². The van der Waals surface area contributed by atoms with Crippen LogP contribution >= 0.6 is 0 Å². The molecule has 0 heterocycles. The lowest BCUT2D eigenvalue weighted by molar-refractivity contribution is 0.146. The van der Waals surface area contributed by atoms with Gasteiger partial charge in [0, 0.05) is 19.7 Å². The smallest absolute Gasteiger partial charge is 0.119 e. The van der Waals surface area contributed by atoms with E-state index in [4.69, 9.17) is 14.6 Å². The fourth-order valence-electron chi connectivity index (χ4n) is 1.55. The molecule has 0 fully saturated rings. The third-order valence-corrected chi connectivity index (χ3v) is 2.79. The van der Waals surface area contributed by atoms with E-state index in [1.807, 2.05) is 24.3 Å². The minimum absolute atomic E-state index is 0.169. The van der Waals surface area contributed by atoms with Crippen LogP contribution in [0.2, 0.25) is 0 Å². The second kappa shape index (κ2) is 8.91. The summed E-state index contributed by atoms with van der Waals surface area (Å²) in [6, 6.07) is 8.13. The Hall–Kier alpha value is -1.10. The first-order chi connectivity index (χ1) is 8.80. The molecule has 0 saturated heterocycles. The largest absolute Gasteiger partial charge is 0.491 e. The molecule has 0 bridgehead atoms. The highest BCUT2D eigenvalue weighted by Gasteiger charge is 2.03. The van der Waals surface area contributed by atoms with E-state index in [9.17, 15) is 0 Å². The lowest BCUT2D eigenvalue weighted by Gasteiger charge is -2.14. The molecule has 4 heteroatoms. The number of hydrogen-bond acceptors (Lipinski definition) is 4. The number of ether oxygens (including phenoxy) is 2. The van der Waals surface area contributed by atoms with E-state index in [0.29, 0.717) is 13.2 Å². The Labute approximate surface area is 109 Å². The highest BCUT2D eigenvalue weighted by molar-refractivity contribution is 5.27. The van der Waals surface area contributed by atoms with E-state index < -0.39 is 0 Å². The molecular weight excluding hydrogens is 230 g/mol. The molecule has 102 valence electrons. The molecule has 0 amide bonds. The van der Waals surface area contributed by atoms with Gasteiger partial charge in [-0.2, -0.15) is 0 Å². The molecule has 0 spiro atoms. The third-order valence-electron chi connectivity index (χ3n) is 2.79. The van der Waals surface area contributed by atoms with Gasteiger partial charge < -0.3 is 19.9 Å². The lowest BCUT2D eigenvalue weighted by atomic mass is 10.2. The molecule has 18 heavy (non-hydrogen) atoms. The van der Waals surface area contributed by atoms with Crippen molar-refractivity contribution in [2.24, 2.45) is 0 Å². The van der Waals surface area contributed by atoms with Crippen LogP contribution < -0.4 is 10.1 Å². The molecule has 0 aliphatic carbocycles. The van der Waals surface area contributed by atoms with Crippen LogP contribution in [0.25, 0.3) is 0 Å². The Morgan fingerprint density at radius 2 is 1.94 bits per heavy atom. The summed E-state index contributed by atoms with van der Waals surface area (Å²) < 4.78 is 10.4. The number of aliphatic hydroxyl groups is 1. The molecular formula is C14H23NO3. The van der Waals surface area contributed by atoms with Crippen molar-refractivity contribution in [1.82, 2.24) is 5.32 Å². The minimum atomic E-state index is 0.169. The van der Waals surface area contributed by atoms with Crippen molar-refractivity contribution >= 4 is 0 Å². The first-order valence-electron chi connectivity index (χ1n) is 6.35. The average Bonchev–Trinajstić information content (AvgIpc) is 2.42. The van der Waals surface area contributed by atoms with Crippen molar-refractivity contribution in [3.8, 4) is 5.75 Å². The fourth-order valence-corrected chi connectivity index (χ4v) is 1.55. The second-order valence-electron chi connectivity index (χ2n) is 4.15. The highest BCUT2D eigenvalue weighted by atomic mass is 16.5. The van der Waals surface area contributed by atoms with Gasteiger partial charge in [0.05, 0.1) is 13.2 Å². The van der Waals surface area contributed by atoms with Gasteiger partial charge in [0.25, 0.3) is 0 Å². The Morgan fingerprint density at radius 1 is 1.22 bits per heavy atom. The molecule has 4 nitrogen and oxygen atoms in total. The third kappa shape index (κ3) is 5.49. The molecule has 1 aromatic rings. The van der Waals surface area contributed by atoms with Gasteiger partial charge in [0.1, 0.15) is 12.4 Å². The number of methoxy groups -OCH3 is 1. The first kappa shape index (κ1) is 15.0. The van der Waals surface area contributed by atoms with Gasteiger partial charge in [-0.3, -0.25) is 0 Å². The average molecular weight is 253 g/mol. The van der Waals surface area contributed by atoms with Crippen molar-refractivity contribution in [3.63, 3.8) is 0 Å². The molecule has 0 aliphatic rings. The van der Waals surface area contributed by atoms with Crippen LogP contribution in [0.5, 0.6) is 5.75 Å². The van der Waals surface area contributed by atoms with Crippen LogP contribution in [-0.2, 0) is 11.3 Å². The van der Waals surface area contributed by atoms with E-state index in [1.165, 1.54) is 5.56 Å². The molecule has 0 radical (unpaired) electrons. The standard InChI is InChI=1S/C14H23NO3/c1-3-13(11-16)15-10-12-4-6-14(7-5-12)18-9-8-17-2/h4-7,13,15-16H,3,8-11H2,1-2H3. The first-order valence-corrected chi connectivity index (χ1v) is 6.35. The number of nitrogens with one attached hydrogen (secondary N) is 1. The van der Waals surface area contributed by atoms with Gasteiger partial charge in [-0.25, -0.2) is 0 Å². The van der Waals surface area contributed by atoms with Crippen LogP contribution in [0.1, 0.15) is 18.9 Å². The van der Waals surface area contributed by atoms with Crippen molar-refractivity contribution < 1.29 is 14.6 Å². The number of rotatable bonds is 9. The molecule has 1 unspecified atom stereocenters. The van der Waals surface area contributed by atoms with Crippen LogP contribution in [0.3, 0.4) is 0 Å². The molecule has 1 atom stereocenters. The zero-order valence-electron chi connectivity index (χ0n) is 11.2. The summed E-state index contributed by atoms with van der Waals surface area (Å²) in [5, 5.41) is 12.4. The Balaban J connectivity index is 2.35. The number of aliphatic hydroxyl groups excluding tert-OH is 1. The van der Waals surface area contributed by atoms with E-state index in [0.717, 1.165) is 18.7 Å². The summed E-state index contributed by atoms with van der Waals surface area (Å²) in [5.41, 5.74) is 1.18. The molecule has 1 aromatic carbocycles. The Bertz CT molecular complexity index is 309. The van der Waals surface area contributed by atoms with E-state index in [-0.39, 0.29) is 12.6 Å². The molecule has 0 aromatic heterocycles. The number of hydrogen-bond donors (Lipinski definition) is 2. The quantitative estimate of drug-likeness (QED) is 0.656. The summed E-state index contributed by atoms with van der Waals surface area (Å²) in [4.78, 5) is 0. The van der Waals surface area contributed by atoms with Gasteiger partial charge in [0.2, 0.25) is 0 Å². The predicted molar refractivity (Wildman–Crippen MR) is 71.8 cm³/mol. The minimum Gasteiger partial charge on any atom is -0.491 e. The van der Waals surface area contributed by atoms with E-state index in [1.54, 1.807) is 7.11 Å². The van der Waals surface area contributed by atoms with E-state index in [2.05, 4.69) is 12.2 Å². The Morgan fingerprint density at radius 3 is 2.50 bits per heavy atom. The van der Waals surface area contributed by atoms with Crippen molar-refractivity contribution in [2.45, 2.75) is 25.9 Å². The van der Waals surface area contributed by atoms with Crippen LogP contribution in [0.4, 0.5) is 0 Å². The maximum Gasteiger partial charge on any atom is 0.119 e. The maximum absolute atomic E-state index is 9.07. The summed E-state index contributed by atoms with van der Waals surface area (Å²) >= 11 is 0. The normalized spacial score (nSPS) is 12.4. The molecule has 2 N–H and O–H groups in total. The zero-order chi connectivity index (χ0) is 13.2. The van der Waals surface area contributed by atoms with Crippen LogP contribution in [0, 0.1) is 0 Å². The van der Waals surface area contributed by atoms with Crippen molar-refractivity contribution in [3.05, 3.63) is 29.8 Å². The van der Waals surface area contributed by atoms with Gasteiger partial charge in [0.15, 0.2) is 0 Å². The number of benzene rings is 1.